The fourth-order valence-electron chi connectivity index (χ4n) is 1.85. The lowest BCUT2D eigenvalue weighted by atomic mass is 10.1. The first kappa shape index (κ1) is 13.9. The van der Waals surface area contributed by atoms with E-state index < -0.39 is 0 Å². The summed E-state index contributed by atoms with van der Waals surface area (Å²) in [6.07, 6.45) is 3.62. The van der Waals surface area contributed by atoms with E-state index in [1.807, 2.05) is 6.07 Å². The van der Waals surface area contributed by atoms with Gasteiger partial charge < -0.3 is 10.3 Å². The highest BCUT2D eigenvalue weighted by Gasteiger charge is 2.11. The molecule has 0 spiro atoms. The van der Waals surface area contributed by atoms with Gasteiger partial charge in [-0.25, -0.2) is 0 Å². The molecule has 1 aromatic carbocycles. The second-order valence-electron chi connectivity index (χ2n) is 4.44. The predicted molar refractivity (Wildman–Crippen MR) is 81.2 cm³/mol. The molecule has 0 saturated carbocycles. The quantitative estimate of drug-likeness (QED) is 0.797. The van der Waals surface area contributed by atoms with Crippen molar-refractivity contribution < 1.29 is 4.52 Å². The van der Waals surface area contributed by atoms with Crippen LogP contribution in [0.4, 0.5) is 5.69 Å². The maximum atomic E-state index is 6.13. The van der Waals surface area contributed by atoms with E-state index >= 15 is 0 Å². The maximum absolute atomic E-state index is 6.13. The standard InChI is InChI=1S/C14H10Cl2N4O/c15-10-2-1-8(12(16)5-10)4-13-19-14(21-20-13)9-3-11(17)7-18-6-9/h1-3,5-7H,4,17H2. The molecule has 3 rings (SSSR count). The minimum Gasteiger partial charge on any atom is -0.397 e. The van der Waals surface area contributed by atoms with Gasteiger partial charge in [-0.2, -0.15) is 4.98 Å². The highest BCUT2D eigenvalue weighted by atomic mass is 35.5. The van der Waals surface area contributed by atoms with Gasteiger partial charge in [-0.15, -0.1) is 0 Å². The third-order valence-electron chi connectivity index (χ3n) is 2.84. The van der Waals surface area contributed by atoms with Crippen LogP contribution in [0.25, 0.3) is 11.5 Å². The van der Waals surface area contributed by atoms with E-state index in [0.717, 1.165) is 5.56 Å². The van der Waals surface area contributed by atoms with Gasteiger partial charge in [-0.05, 0) is 23.8 Å². The maximum Gasteiger partial charge on any atom is 0.259 e. The lowest BCUT2D eigenvalue weighted by molar-refractivity contribution is 0.424. The molecule has 0 aliphatic carbocycles. The first-order valence-electron chi connectivity index (χ1n) is 6.09. The van der Waals surface area contributed by atoms with Crippen LogP contribution in [-0.2, 0) is 6.42 Å². The van der Waals surface area contributed by atoms with E-state index in [0.29, 0.717) is 39.4 Å². The van der Waals surface area contributed by atoms with Crippen molar-refractivity contribution >= 4 is 28.9 Å². The Labute approximate surface area is 130 Å². The smallest absolute Gasteiger partial charge is 0.259 e. The minimum absolute atomic E-state index is 0.370. The second-order valence-corrected chi connectivity index (χ2v) is 5.28. The van der Waals surface area contributed by atoms with Gasteiger partial charge in [-0.3, -0.25) is 4.98 Å². The number of rotatable bonds is 3. The normalized spacial score (nSPS) is 10.8. The fourth-order valence-corrected chi connectivity index (χ4v) is 2.33. The summed E-state index contributed by atoms with van der Waals surface area (Å²) in [5, 5.41) is 5.09. The first-order chi connectivity index (χ1) is 10.1. The van der Waals surface area contributed by atoms with Crippen LogP contribution in [0.2, 0.25) is 10.0 Å². The van der Waals surface area contributed by atoms with Crippen molar-refractivity contribution in [2.75, 3.05) is 5.73 Å². The molecule has 2 heterocycles. The molecule has 0 aliphatic heterocycles. The Morgan fingerprint density at radius 3 is 2.76 bits per heavy atom. The lowest BCUT2D eigenvalue weighted by Crippen LogP contribution is -1.92. The molecule has 0 saturated heterocycles. The Kier molecular flexibility index (Phi) is 3.77. The first-order valence-corrected chi connectivity index (χ1v) is 6.85. The Bertz CT molecular complexity index is 788. The summed E-state index contributed by atoms with van der Waals surface area (Å²) in [6, 6.07) is 7.01. The largest absolute Gasteiger partial charge is 0.397 e. The molecule has 0 aliphatic rings. The van der Waals surface area contributed by atoms with Crippen LogP contribution in [0.15, 0.2) is 41.2 Å². The molecule has 0 bridgehead atoms. The number of hydrogen-bond acceptors (Lipinski definition) is 5. The van der Waals surface area contributed by atoms with Crippen LogP contribution in [0.5, 0.6) is 0 Å². The van der Waals surface area contributed by atoms with Crippen LogP contribution in [0.1, 0.15) is 11.4 Å². The lowest BCUT2D eigenvalue weighted by Gasteiger charge is -2.00. The Hall–Kier alpha value is -2.11. The van der Waals surface area contributed by atoms with E-state index in [1.165, 1.54) is 0 Å². The molecule has 2 N–H and O–H groups in total. The van der Waals surface area contributed by atoms with E-state index in [1.54, 1.807) is 30.6 Å². The minimum atomic E-state index is 0.370. The molecule has 7 heteroatoms. The topological polar surface area (TPSA) is 77.8 Å². The summed E-state index contributed by atoms with van der Waals surface area (Å²) in [5.41, 5.74) is 7.76. The third kappa shape index (κ3) is 3.15. The van der Waals surface area contributed by atoms with Crippen LogP contribution < -0.4 is 5.73 Å². The number of pyridine rings is 1. The molecule has 106 valence electrons. The fraction of sp³-hybridized carbons (Fsp3) is 0.0714. The Morgan fingerprint density at radius 1 is 1.14 bits per heavy atom. The predicted octanol–water partition coefficient (Wildman–Crippen LogP) is 3.61. The van der Waals surface area contributed by atoms with Crippen molar-refractivity contribution in [3.63, 3.8) is 0 Å². The van der Waals surface area contributed by atoms with Crippen molar-refractivity contribution in [2.24, 2.45) is 0 Å². The SMILES string of the molecule is Nc1cncc(-c2nc(Cc3ccc(Cl)cc3Cl)no2)c1. The summed E-state index contributed by atoms with van der Waals surface area (Å²) in [6.45, 7) is 0. The molecule has 0 radical (unpaired) electrons. The van der Waals surface area contributed by atoms with Crippen LogP contribution in [0.3, 0.4) is 0 Å². The Balaban J connectivity index is 1.85. The van der Waals surface area contributed by atoms with Gasteiger partial charge in [0.2, 0.25) is 0 Å². The number of halogens is 2. The zero-order valence-corrected chi connectivity index (χ0v) is 12.3. The zero-order chi connectivity index (χ0) is 14.8. The molecule has 3 aromatic rings. The number of nitrogen functional groups attached to an aromatic ring is 1. The molecule has 5 nitrogen and oxygen atoms in total. The number of anilines is 1. The number of aromatic nitrogens is 3. The average molecular weight is 321 g/mol. The molecule has 21 heavy (non-hydrogen) atoms. The summed E-state index contributed by atoms with van der Waals surface area (Å²) < 4.78 is 5.22. The van der Waals surface area contributed by atoms with Gasteiger partial charge in [-0.1, -0.05) is 34.4 Å². The highest BCUT2D eigenvalue weighted by molar-refractivity contribution is 6.35. The highest BCUT2D eigenvalue weighted by Crippen LogP contribution is 2.24. The van der Waals surface area contributed by atoms with Gasteiger partial charge in [0.05, 0.1) is 11.3 Å². The van der Waals surface area contributed by atoms with Crippen molar-refractivity contribution in [3.8, 4) is 11.5 Å². The molecular weight excluding hydrogens is 311 g/mol. The molecule has 0 amide bonds. The van der Waals surface area contributed by atoms with Crippen molar-refractivity contribution in [1.82, 2.24) is 15.1 Å². The van der Waals surface area contributed by atoms with Crippen LogP contribution in [0, 0.1) is 0 Å². The van der Waals surface area contributed by atoms with Crippen molar-refractivity contribution in [1.29, 1.82) is 0 Å². The van der Waals surface area contributed by atoms with Crippen molar-refractivity contribution in [2.45, 2.75) is 6.42 Å². The number of nitrogens with zero attached hydrogens (tertiary/aromatic N) is 3. The van der Waals surface area contributed by atoms with E-state index in [2.05, 4.69) is 15.1 Å². The molecule has 2 aromatic heterocycles. The number of hydrogen-bond donors (Lipinski definition) is 1. The van der Waals surface area contributed by atoms with E-state index in [4.69, 9.17) is 33.5 Å². The number of nitrogens with two attached hydrogens (primary N) is 1. The molecule has 0 unspecified atom stereocenters. The second kappa shape index (κ2) is 5.71. The number of benzene rings is 1. The van der Waals surface area contributed by atoms with Crippen LogP contribution >= 0.6 is 23.2 Å². The van der Waals surface area contributed by atoms with Gasteiger partial charge in [0.15, 0.2) is 5.82 Å². The van der Waals surface area contributed by atoms with Crippen LogP contribution in [-0.4, -0.2) is 15.1 Å². The van der Waals surface area contributed by atoms with Crippen molar-refractivity contribution in [3.05, 3.63) is 58.1 Å². The molecular formula is C14H10Cl2N4O. The summed E-state index contributed by atoms with van der Waals surface area (Å²) >= 11 is 12.0. The van der Waals surface area contributed by atoms with Gasteiger partial charge in [0, 0.05) is 28.9 Å². The van der Waals surface area contributed by atoms with Gasteiger partial charge in [0.1, 0.15) is 0 Å². The van der Waals surface area contributed by atoms with E-state index in [-0.39, 0.29) is 0 Å². The summed E-state index contributed by atoms with van der Waals surface area (Å²) in [5.74, 6) is 0.895. The summed E-state index contributed by atoms with van der Waals surface area (Å²) in [4.78, 5) is 8.30. The molecule has 0 atom stereocenters. The van der Waals surface area contributed by atoms with E-state index in [9.17, 15) is 0 Å². The summed E-state index contributed by atoms with van der Waals surface area (Å²) in [7, 11) is 0. The monoisotopic (exact) mass is 320 g/mol. The average Bonchev–Trinajstić information content (AvgIpc) is 2.91. The third-order valence-corrected chi connectivity index (χ3v) is 3.43. The van der Waals surface area contributed by atoms with Gasteiger partial charge in [0.25, 0.3) is 5.89 Å². The zero-order valence-electron chi connectivity index (χ0n) is 10.8. The van der Waals surface area contributed by atoms with Gasteiger partial charge >= 0.3 is 0 Å². The molecule has 0 fully saturated rings. The Morgan fingerprint density at radius 2 is 2.00 bits per heavy atom.